The molecule has 2 saturated heterocycles. The van der Waals surface area contributed by atoms with E-state index >= 15 is 0 Å². The number of nitrogens with one attached hydrogen (secondary N) is 1. The fourth-order valence-corrected chi connectivity index (χ4v) is 3.68. The first-order valence-corrected chi connectivity index (χ1v) is 10.0. The van der Waals surface area contributed by atoms with Crippen molar-refractivity contribution in [2.75, 3.05) is 6.61 Å². The molecule has 0 unspecified atom stereocenters. The van der Waals surface area contributed by atoms with Gasteiger partial charge in [0, 0.05) is 6.92 Å². The first kappa shape index (κ1) is 25.7. The Morgan fingerprint density at radius 1 is 1.06 bits per heavy atom. The zero-order valence-electron chi connectivity index (χ0n) is 15.7. The number of hydrogen-bond acceptors (Lipinski definition) is 15. The highest BCUT2D eigenvalue weighted by Gasteiger charge is 2.52. The van der Waals surface area contributed by atoms with Crippen molar-refractivity contribution in [1.82, 2.24) is 5.32 Å². The molecule has 17 heteroatoms. The second kappa shape index (κ2) is 9.96. The Bertz CT molecular complexity index is 761. The molecule has 2 rings (SSSR count). The molecule has 0 aromatic carbocycles. The van der Waals surface area contributed by atoms with E-state index in [1.807, 2.05) is 0 Å². The Morgan fingerprint density at radius 3 is 2.16 bits per heavy atom. The zero-order chi connectivity index (χ0) is 23.7. The molecule has 2 heterocycles. The minimum absolute atomic E-state index is 0.805. The molecule has 6 N–H and O–H groups in total. The van der Waals surface area contributed by atoms with Gasteiger partial charge in [-0.25, -0.2) is 8.42 Å². The largest absolute Gasteiger partial charge is 0.726 e. The second-order valence-corrected chi connectivity index (χ2v) is 7.77. The van der Waals surface area contributed by atoms with Gasteiger partial charge in [0.2, 0.25) is 16.3 Å². The van der Waals surface area contributed by atoms with Crippen molar-refractivity contribution in [2.45, 2.75) is 68.3 Å². The predicted molar refractivity (Wildman–Crippen MR) is 86.7 cm³/mol. The van der Waals surface area contributed by atoms with Crippen LogP contribution in [0, 0.1) is 0 Å². The van der Waals surface area contributed by atoms with E-state index in [1.54, 1.807) is 0 Å². The standard InChI is InChI=1S/C14H23NO15S/c1-3(17)15-5-10(9(30-31(24,25)26)4(2-16)27-13(5)23)28-14-8(20)6(18)7(19)11(29-14)12(21)22/h4-11,13-14,16,18-20,23H,2H2,1H3,(H,15,17)(H,21,22)(H,24,25,26)/p-2/t4-,5-,6+,7+,8-,9+,10-,11-,13-,14-/m1/s1. The third-order valence-electron chi connectivity index (χ3n) is 4.54. The quantitative estimate of drug-likeness (QED) is 0.147. The summed E-state index contributed by atoms with van der Waals surface area (Å²) in [6.45, 7) is -0.0265. The second-order valence-electron chi connectivity index (χ2n) is 6.76. The third-order valence-corrected chi connectivity index (χ3v) is 5.00. The minimum Gasteiger partial charge on any atom is -0.726 e. The normalized spacial score (nSPS) is 41.5. The summed E-state index contributed by atoms with van der Waals surface area (Å²) in [6, 6.07) is -1.69. The number of amides is 1. The van der Waals surface area contributed by atoms with Crippen LogP contribution in [0.4, 0.5) is 0 Å². The summed E-state index contributed by atoms with van der Waals surface area (Å²) in [4.78, 5) is 22.6. The van der Waals surface area contributed by atoms with Crippen LogP contribution < -0.4 is 10.4 Å². The number of carboxylic acids is 1. The van der Waals surface area contributed by atoms with Crippen molar-refractivity contribution < 1.29 is 71.6 Å². The van der Waals surface area contributed by atoms with Crippen LogP contribution >= 0.6 is 0 Å². The molecule has 16 nitrogen and oxygen atoms in total. The van der Waals surface area contributed by atoms with E-state index < -0.39 is 90.2 Å². The van der Waals surface area contributed by atoms with E-state index in [-0.39, 0.29) is 0 Å². The molecule has 2 aliphatic heterocycles. The molecular formula is C14H21NO15S-2. The predicted octanol–water partition coefficient (Wildman–Crippen LogP) is -7.01. The smallest absolute Gasteiger partial charge is 0.218 e. The number of rotatable bonds is 7. The molecule has 1 amide bonds. The fourth-order valence-electron chi connectivity index (χ4n) is 3.18. The van der Waals surface area contributed by atoms with Crippen LogP contribution in [0.3, 0.4) is 0 Å². The molecule has 0 aliphatic carbocycles. The molecule has 0 radical (unpaired) electrons. The molecule has 0 aromatic heterocycles. The summed E-state index contributed by atoms with van der Waals surface area (Å²) in [7, 11) is -5.48. The number of hydrogen-bond donors (Lipinski definition) is 6. The van der Waals surface area contributed by atoms with E-state index in [0.717, 1.165) is 6.92 Å². The SMILES string of the molecule is CC(=O)N[C@@H]1[C@@H](O[C@@H]2O[C@@H](C(=O)[O-])[C@@H](O)[C@H](O)[C@H]2O)[C@@H](OS(=O)(=O)[O-])[C@@H](CO)O[C@H]1O. The number of aliphatic hydroxyl groups excluding tert-OH is 5. The number of carbonyl (C=O) groups is 2. The Balaban J connectivity index is 2.42. The van der Waals surface area contributed by atoms with Crippen molar-refractivity contribution in [3.05, 3.63) is 0 Å². The van der Waals surface area contributed by atoms with Crippen LogP contribution in [-0.2, 0) is 38.4 Å². The van der Waals surface area contributed by atoms with E-state index in [4.69, 9.17) is 14.2 Å². The number of aliphatic carboxylic acids is 1. The van der Waals surface area contributed by atoms with Crippen molar-refractivity contribution in [3.8, 4) is 0 Å². The van der Waals surface area contributed by atoms with Gasteiger partial charge >= 0.3 is 0 Å². The average Bonchev–Trinajstić information content (AvgIpc) is 2.64. The highest BCUT2D eigenvalue weighted by Crippen LogP contribution is 2.30. The molecule has 0 spiro atoms. The van der Waals surface area contributed by atoms with Crippen LogP contribution in [0.1, 0.15) is 6.92 Å². The summed E-state index contributed by atoms with van der Waals surface area (Å²) in [5, 5.41) is 62.4. The van der Waals surface area contributed by atoms with Gasteiger partial charge in [-0.05, 0) is 0 Å². The molecule has 10 atom stereocenters. The fraction of sp³-hybridized carbons (Fsp3) is 0.857. The summed E-state index contributed by atoms with van der Waals surface area (Å²) in [5.41, 5.74) is 0. The summed E-state index contributed by atoms with van der Waals surface area (Å²) in [6.07, 6.45) is -18.3. The zero-order valence-corrected chi connectivity index (χ0v) is 16.5. The summed E-state index contributed by atoms with van der Waals surface area (Å²) >= 11 is 0. The van der Waals surface area contributed by atoms with E-state index in [1.165, 1.54) is 0 Å². The number of ether oxygens (including phenoxy) is 3. The Morgan fingerprint density at radius 2 is 1.68 bits per heavy atom. The van der Waals surface area contributed by atoms with Crippen LogP contribution in [0.15, 0.2) is 0 Å². The maximum Gasteiger partial charge on any atom is 0.218 e. The molecule has 0 bridgehead atoms. The van der Waals surface area contributed by atoms with Crippen molar-refractivity contribution >= 4 is 22.3 Å². The summed E-state index contributed by atoms with van der Waals surface area (Å²) in [5.74, 6) is -2.80. The molecule has 2 fully saturated rings. The van der Waals surface area contributed by atoms with Gasteiger partial charge in [0.15, 0.2) is 12.6 Å². The monoisotopic (exact) mass is 475 g/mol. The topological polar surface area (TPSA) is 264 Å². The molecule has 2 aliphatic rings. The number of carbonyl (C=O) groups excluding carboxylic acids is 2. The maximum absolute atomic E-state index is 11.5. The lowest BCUT2D eigenvalue weighted by Crippen LogP contribution is -2.69. The van der Waals surface area contributed by atoms with Gasteiger partial charge in [0.25, 0.3) is 0 Å². The van der Waals surface area contributed by atoms with Gasteiger partial charge in [-0.1, -0.05) is 0 Å². The number of carboxylic acid groups (broad SMARTS) is 1. The average molecular weight is 475 g/mol. The van der Waals surface area contributed by atoms with Gasteiger partial charge < -0.3 is 59.5 Å². The maximum atomic E-state index is 11.5. The third kappa shape index (κ3) is 6.05. The van der Waals surface area contributed by atoms with E-state index in [2.05, 4.69) is 9.50 Å². The summed E-state index contributed by atoms with van der Waals surface area (Å²) < 4.78 is 52.9. The minimum atomic E-state index is -5.48. The van der Waals surface area contributed by atoms with Gasteiger partial charge in [-0.3, -0.25) is 8.98 Å². The van der Waals surface area contributed by atoms with Crippen LogP contribution in [0.5, 0.6) is 0 Å². The lowest BCUT2D eigenvalue weighted by molar-refractivity contribution is -0.362. The molecule has 0 saturated carbocycles. The van der Waals surface area contributed by atoms with E-state index in [0.29, 0.717) is 0 Å². The first-order valence-electron chi connectivity index (χ1n) is 8.68. The molecule has 31 heavy (non-hydrogen) atoms. The van der Waals surface area contributed by atoms with Gasteiger partial charge in [0.1, 0.15) is 48.8 Å². The Kier molecular flexibility index (Phi) is 8.27. The molecular weight excluding hydrogens is 454 g/mol. The van der Waals surface area contributed by atoms with Gasteiger partial charge in [0.05, 0.1) is 12.6 Å². The van der Waals surface area contributed by atoms with E-state index in [9.17, 15) is 53.2 Å². The van der Waals surface area contributed by atoms with Crippen LogP contribution in [0.25, 0.3) is 0 Å². The lowest BCUT2D eigenvalue weighted by atomic mass is 9.95. The highest BCUT2D eigenvalue weighted by atomic mass is 32.3. The van der Waals surface area contributed by atoms with Crippen molar-refractivity contribution in [3.63, 3.8) is 0 Å². The first-order chi connectivity index (χ1) is 14.3. The Labute approximate surface area is 174 Å². The number of aliphatic hydroxyl groups is 5. The molecule has 0 aromatic rings. The van der Waals surface area contributed by atoms with Crippen molar-refractivity contribution in [1.29, 1.82) is 0 Å². The highest BCUT2D eigenvalue weighted by molar-refractivity contribution is 7.80. The molecule has 180 valence electrons. The van der Waals surface area contributed by atoms with Crippen LogP contribution in [-0.4, -0.2) is 118 Å². The van der Waals surface area contributed by atoms with Crippen LogP contribution in [0.2, 0.25) is 0 Å². The van der Waals surface area contributed by atoms with Gasteiger partial charge in [-0.2, -0.15) is 0 Å². The van der Waals surface area contributed by atoms with Crippen molar-refractivity contribution in [2.24, 2.45) is 0 Å². The van der Waals surface area contributed by atoms with Gasteiger partial charge in [-0.15, -0.1) is 0 Å². The Hall–Kier alpha value is -1.51. The lowest BCUT2D eigenvalue weighted by Gasteiger charge is -2.47.